The Morgan fingerprint density at radius 1 is 1.05 bits per heavy atom. The molecule has 0 saturated heterocycles. The van der Waals surface area contributed by atoms with Crippen molar-refractivity contribution in [3.63, 3.8) is 0 Å². The fourth-order valence-corrected chi connectivity index (χ4v) is 2.95. The molecule has 2 aromatic carbocycles. The average molecular weight is 265 g/mol. The SMILES string of the molecule is CCc1cccc(C)c1NC(c1ccccc1)C1CC1. The first-order valence-electron chi connectivity index (χ1n) is 7.69. The minimum Gasteiger partial charge on any atom is -0.378 e. The van der Waals surface area contributed by atoms with Crippen LogP contribution in [-0.2, 0) is 6.42 Å². The average Bonchev–Trinajstić information content (AvgIpc) is 3.31. The molecule has 0 heterocycles. The summed E-state index contributed by atoms with van der Waals surface area (Å²) in [6, 6.07) is 17.9. The third-order valence-corrected chi connectivity index (χ3v) is 4.29. The summed E-state index contributed by atoms with van der Waals surface area (Å²) in [7, 11) is 0. The number of hydrogen-bond donors (Lipinski definition) is 1. The topological polar surface area (TPSA) is 12.0 Å². The lowest BCUT2D eigenvalue weighted by atomic mass is 9.99. The second-order valence-electron chi connectivity index (χ2n) is 5.83. The van der Waals surface area contributed by atoms with Crippen LogP contribution in [0.5, 0.6) is 0 Å². The van der Waals surface area contributed by atoms with Crippen molar-refractivity contribution in [2.75, 3.05) is 5.32 Å². The fraction of sp³-hybridized carbons (Fsp3) is 0.368. The molecule has 0 amide bonds. The van der Waals surface area contributed by atoms with Gasteiger partial charge < -0.3 is 5.32 Å². The molecule has 0 radical (unpaired) electrons. The van der Waals surface area contributed by atoms with Crippen LogP contribution in [-0.4, -0.2) is 0 Å². The Kier molecular flexibility index (Phi) is 3.77. The minimum atomic E-state index is 0.461. The predicted molar refractivity (Wildman–Crippen MR) is 86.1 cm³/mol. The van der Waals surface area contributed by atoms with Crippen molar-refractivity contribution >= 4 is 5.69 Å². The maximum absolute atomic E-state index is 3.85. The van der Waals surface area contributed by atoms with E-state index in [1.165, 1.54) is 35.2 Å². The van der Waals surface area contributed by atoms with E-state index in [0.717, 1.165) is 12.3 Å². The van der Waals surface area contributed by atoms with Gasteiger partial charge in [-0.15, -0.1) is 0 Å². The lowest BCUT2D eigenvalue weighted by Crippen LogP contribution is -2.15. The van der Waals surface area contributed by atoms with Gasteiger partial charge in [0.1, 0.15) is 0 Å². The Bertz CT molecular complexity index is 570. The first kappa shape index (κ1) is 13.2. The number of nitrogens with one attached hydrogen (secondary N) is 1. The summed E-state index contributed by atoms with van der Waals surface area (Å²) in [4.78, 5) is 0. The van der Waals surface area contributed by atoms with E-state index in [1.54, 1.807) is 0 Å². The number of rotatable bonds is 5. The van der Waals surface area contributed by atoms with Crippen LogP contribution in [0, 0.1) is 12.8 Å². The Morgan fingerprint density at radius 3 is 2.45 bits per heavy atom. The van der Waals surface area contributed by atoms with Gasteiger partial charge in [-0.25, -0.2) is 0 Å². The second kappa shape index (κ2) is 5.70. The number of anilines is 1. The molecule has 0 bridgehead atoms. The molecule has 1 unspecified atom stereocenters. The molecule has 20 heavy (non-hydrogen) atoms. The highest BCUT2D eigenvalue weighted by molar-refractivity contribution is 5.58. The molecule has 1 heteroatoms. The van der Waals surface area contributed by atoms with E-state index in [4.69, 9.17) is 0 Å². The number of benzene rings is 2. The van der Waals surface area contributed by atoms with Gasteiger partial charge in [0.2, 0.25) is 0 Å². The van der Waals surface area contributed by atoms with E-state index in [2.05, 4.69) is 67.7 Å². The van der Waals surface area contributed by atoms with Crippen LogP contribution < -0.4 is 5.32 Å². The van der Waals surface area contributed by atoms with E-state index >= 15 is 0 Å². The van der Waals surface area contributed by atoms with Gasteiger partial charge in [0.15, 0.2) is 0 Å². The zero-order valence-electron chi connectivity index (χ0n) is 12.4. The van der Waals surface area contributed by atoms with Crippen LogP contribution in [0.25, 0.3) is 0 Å². The van der Waals surface area contributed by atoms with Gasteiger partial charge in [0, 0.05) is 5.69 Å². The monoisotopic (exact) mass is 265 g/mol. The summed E-state index contributed by atoms with van der Waals surface area (Å²) in [5, 5.41) is 3.85. The van der Waals surface area contributed by atoms with E-state index in [0.29, 0.717) is 6.04 Å². The zero-order valence-corrected chi connectivity index (χ0v) is 12.4. The summed E-state index contributed by atoms with van der Waals surface area (Å²) < 4.78 is 0. The van der Waals surface area contributed by atoms with Crippen molar-refractivity contribution < 1.29 is 0 Å². The molecule has 1 saturated carbocycles. The van der Waals surface area contributed by atoms with Crippen LogP contribution in [0.3, 0.4) is 0 Å². The number of para-hydroxylation sites is 1. The van der Waals surface area contributed by atoms with Crippen molar-refractivity contribution in [2.45, 2.75) is 39.2 Å². The van der Waals surface area contributed by atoms with Crippen LogP contribution >= 0.6 is 0 Å². The van der Waals surface area contributed by atoms with E-state index < -0.39 is 0 Å². The summed E-state index contributed by atoms with van der Waals surface area (Å²) in [6.45, 7) is 4.44. The first-order chi connectivity index (χ1) is 9.79. The number of aryl methyl sites for hydroxylation is 2. The van der Waals surface area contributed by atoms with Crippen LogP contribution in [0.1, 0.15) is 42.5 Å². The Labute approximate surface area is 122 Å². The highest BCUT2D eigenvalue weighted by atomic mass is 14.9. The van der Waals surface area contributed by atoms with Crippen molar-refractivity contribution in [3.8, 4) is 0 Å². The molecule has 1 aliphatic rings. The molecule has 2 aromatic rings. The molecule has 0 aromatic heterocycles. The molecular formula is C19H23N. The zero-order chi connectivity index (χ0) is 13.9. The number of hydrogen-bond acceptors (Lipinski definition) is 1. The molecule has 1 nitrogen and oxygen atoms in total. The van der Waals surface area contributed by atoms with Crippen molar-refractivity contribution in [3.05, 3.63) is 65.2 Å². The lowest BCUT2D eigenvalue weighted by molar-refractivity contribution is 0.677. The quantitative estimate of drug-likeness (QED) is 0.791. The van der Waals surface area contributed by atoms with Crippen molar-refractivity contribution in [1.29, 1.82) is 0 Å². The van der Waals surface area contributed by atoms with Crippen LogP contribution in [0.2, 0.25) is 0 Å². The van der Waals surface area contributed by atoms with Crippen molar-refractivity contribution in [1.82, 2.24) is 0 Å². The van der Waals surface area contributed by atoms with Gasteiger partial charge >= 0.3 is 0 Å². The van der Waals surface area contributed by atoms with Crippen molar-refractivity contribution in [2.24, 2.45) is 5.92 Å². The molecule has 3 rings (SSSR count). The molecule has 0 spiro atoms. The van der Waals surface area contributed by atoms with Gasteiger partial charge in [0.05, 0.1) is 6.04 Å². The van der Waals surface area contributed by atoms with Gasteiger partial charge in [0.25, 0.3) is 0 Å². The summed E-state index contributed by atoms with van der Waals surface area (Å²) in [6.07, 6.45) is 3.77. The molecular weight excluding hydrogens is 242 g/mol. The Balaban J connectivity index is 1.92. The van der Waals surface area contributed by atoms with E-state index in [9.17, 15) is 0 Å². The normalized spacial score (nSPS) is 15.9. The molecule has 1 N–H and O–H groups in total. The predicted octanol–water partition coefficient (Wildman–Crippen LogP) is 5.12. The third-order valence-electron chi connectivity index (χ3n) is 4.29. The molecule has 1 atom stereocenters. The van der Waals surface area contributed by atoms with Crippen LogP contribution in [0.4, 0.5) is 5.69 Å². The van der Waals surface area contributed by atoms with Crippen LogP contribution in [0.15, 0.2) is 48.5 Å². The maximum Gasteiger partial charge on any atom is 0.0542 e. The maximum atomic E-state index is 3.85. The van der Waals surface area contributed by atoms with E-state index in [1.807, 2.05) is 0 Å². The van der Waals surface area contributed by atoms with E-state index in [-0.39, 0.29) is 0 Å². The molecule has 1 aliphatic carbocycles. The van der Waals surface area contributed by atoms with Gasteiger partial charge in [-0.05, 0) is 48.8 Å². The summed E-state index contributed by atoms with van der Waals surface area (Å²) in [5.41, 5.74) is 5.54. The smallest absolute Gasteiger partial charge is 0.0542 e. The Morgan fingerprint density at radius 2 is 1.80 bits per heavy atom. The van der Waals surface area contributed by atoms with Gasteiger partial charge in [-0.1, -0.05) is 55.5 Å². The molecule has 0 aliphatic heterocycles. The standard InChI is InChI=1S/C19H23N/c1-3-15-11-7-8-14(2)18(15)20-19(17-12-13-17)16-9-5-4-6-10-16/h4-11,17,19-20H,3,12-13H2,1-2H3. The highest BCUT2D eigenvalue weighted by Crippen LogP contribution is 2.43. The second-order valence-corrected chi connectivity index (χ2v) is 5.83. The third kappa shape index (κ3) is 2.72. The summed E-state index contributed by atoms with van der Waals surface area (Å²) >= 11 is 0. The Hall–Kier alpha value is -1.76. The van der Waals surface area contributed by atoms with Gasteiger partial charge in [-0.2, -0.15) is 0 Å². The molecule has 104 valence electrons. The summed E-state index contributed by atoms with van der Waals surface area (Å²) in [5.74, 6) is 0.793. The molecule has 1 fully saturated rings. The van der Waals surface area contributed by atoms with Gasteiger partial charge in [-0.3, -0.25) is 0 Å². The largest absolute Gasteiger partial charge is 0.378 e. The lowest BCUT2D eigenvalue weighted by Gasteiger charge is -2.23. The highest BCUT2D eigenvalue weighted by Gasteiger charge is 2.32. The fourth-order valence-electron chi connectivity index (χ4n) is 2.95. The first-order valence-corrected chi connectivity index (χ1v) is 7.69. The minimum absolute atomic E-state index is 0.461.